The van der Waals surface area contributed by atoms with Crippen molar-refractivity contribution in [2.24, 2.45) is 5.92 Å². The Bertz CT molecular complexity index is 677. The van der Waals surface area contributed by atoms with E-state index >= 15 is 0 Å². The number of Topliss-reactive ketones (excluding diaryl/α,β-unsaturated/α-hetero) is 1. The summed E-state index contributed by atoms with van der Waals surface area (Å²) in [4.78, 5) is 23.6. The fraction of sp³-hybridized carbons (Fsp3) is 0.652. The van der Waals surface area contributed by atoms with E-state index < -0.39 is 11.7 Å². The highest BCUT2D eigenvalue weighted by Gasteiger charge is 2.42. The number of aliphatic hydroxyl groups excluding tert-OH is 1. The van der Waals surface area contributed by atoms with Crippen LogP contribution in [0.2, 0.25) is 0 Å². The standard InChI is InChI=1S/C23H32O5/c1-28-21(26)8-5-3-2-4-7-18-19(24)15-20(25)22(18)16-9-11-17(12-10-16)23(27)13-6-14-23/h9-12,18,20,22,25,27H,2-8,13-15H2,1H3. The van der Waals surface area contributed by atoms with Crippen molar-refractivity contribution < 1.29 is 24.5 Å². The van der Waals surface area contributed by atoms with Crippen molar-refractivity contribution >= 4 is 11.8 Å². The predicted molar refractivity (Wildman–Crippen MR) is 106 cm³/mol. The molecule has 2 saturated carbocycles. The Balaban J connectivity index is 1.55. The van der Waals surface area contributed by atoms with Crippen LogP contribution in [0.1, 0.15) is 81.3 Å². The number of carbonyl (C=O) groups excluding carboxylic acids is 2. The largest absolute Gasteiger partial charge is 0.469 e. The number of benzene rings is 1. The first-order valence-corrected chi connectivity index (χ1v) is 10.5. The molecule has 5 heteroatoms. The fourth-order valence-corrected chi connectivity index (χ4v) is 4.65. The van der Waals surface area contributed by atoms with Gasteiger partial charge in [0, 0.05) is 24.7 Å². The molecule has 3 unspecified atom stereocenters. The second-order valence-corrected chi connectivity index (χ2v) is 8.41. The smallest absolute Gasteiger partial charge is 0.305 e. The number of aliphatic hydroxyl groups is 2. The number of ketones is 1. The second kappa shape index (κ2) is 9.19. The number of carbonyl (C=O) groups is 2. The third-order valence-corrected chi connectivity index (χ3v) is 6.56. The van der Waals surface area contributed by atoms with E-state index in [9.17, 15) is 19.8 Å². The zero-order valence-electron chi connectivity index (χ0n) is 16.7. The van der Waals surface area contributed by atoms with E-state index in [1.54, 1.807) is 0 Å². The van der Waals surface area contributed by atoms with Gasteiger partial charge in [-0.05, 0) is 43.2 Å². The minimum absolute atomic E-state index is 0.145. The Hall–Kier alpha value is -1.72. The lowest BCUT2D eigenvalue weighted by Gasteiger charge is -2.37. The maximum Gasteiger partial charge on any atom is 0.305 e. The lowest BCUT2D eigenvalue weighted by molar-refractivity contribution is -0.140. The molecule has 2 N–H and O–H groups in total. The van der Waals surface area contributed by atoms with Gasteiger partial charge >= 0.3 is 5.97 Å². The molecule has 0 amide bonds. The van der Waals surface area contributed by atoms with E-state index in [1.807, 2.05) is 24.3 Å². The van der Waals surface area contributed by atoms with E-state index in [0.717, 1.165) is 62.5 Å². The molecule has 0 aromatic heterocycles. The number of rotatable bonds is 9. The van der Waals surface area contributed by atoms with Crippen LogP contribution in [0.5, 0.6) is 0 Å². The highest BCUT2D eigenvalue weighted by atomic mass is 16.5. The van der Waals surface area contributed by atoms with Crippen LogP contribution >= 0.6 is 0 Å². The quantitative estimate of drug-likeness (QED) is 0.499. The van der Waals surface area contributed by atoms with Gasteiger partial charge in [-0.15, -0.1) is 0 Å². The maximum absolute atomic E-state index is 12.4. The van der Waals surface area contributed by atoms with Crippen molar-refractivity contribution in [2.45, 2.75) is 81.8 Å². The lowest BCUT2D eigenvalue weighted by atomic mass is 9.74. The van der Waals surface area contributed by atoms with Crippen LogP contribution in [-0.4, -0.2) is 35.2 Å². The number of esters is 1. The van der Waals surface area contributed by atoms with Gasteiger partial charge in [0.1, 0.15) is 5.78 Å². The molecule has 0 heterocycles. The summed E-state index contributed by atoms with van der Waals surface area (Å²) in [5.41, 5.74) is 1.23. The number of unbranched alkanes of at least 4 members (excludes halogenated alkanes) is 3. The Labute approximate surface area is 167 Å². The van der Waals surface area contributed by atoms with E-state index in [4.69, 9.17) is 0 Å². The number of methoxy groups -OCH3 is 1. The Morgan fingerprint density at radius 1 is 1.14 bits per heavy atom. The van der Waals surface area contributed by atoms with E-state index in [0.29, 0.717) is 6.42 Å². The monoisotopic (exact) mass is 388 g/mol. The molecular weight excluding hydrogens is 356 g/mol. The summed E-state index contributed by atoms with van der Waals surface area (Å²) < 4.78 is 4.64. The molecule has 0 aliphatic heterocycles. The summed E-state index contributed by atoms with van der Waals surface area (Å²) in [5.74, 6) is -0.334. The molecular formula is C23H32O5. The summed E-state index contributed by atoms with van der Waals surface area (Å²) in [6, 6.07) is 7.85. The molecule has 0 saturated heterocycles. The van der Waals surface area contributed by atoms with Crippen LogP contribution in [0, 0.1) is 5.92 Å². The molecule has 1 aromatic carbocycles. The number of ether oxygens (including phenoxy) is 1. The second-order valence-electron chi connectivity index (χ2n) is 8.41. The first kappa shape index (κ1) is 21.0. The van der Waals surface area contributed by atoms with Crippen LogP contribution < -0.4 is 0 Å². The molecule has 2 aliphatic rings. The van der Waals surface area contributed by atoms with Crippen molar-refractivity contribution in [3.63, 3.8) is 0 Å². The molecule has 2 aliphatic carbocycles. The molecule has 0 bridgehead atoms. The van der Waals surface area contributed by atoms with Crippen molar-refractivity contribution in [3.8, 4) is 0 Å². The summed E-state index contributed by atoms with van der Waals surface area (Å²) in [6.07, 6.45) is 7.09. The van der Waals surface area contributed by atoms with Crippen LogP contribution in [0.15, 0.2) is 24.3 Å². The molecule has 3 atom stereocenters. The van der Waals surface area contributed by atoms with E-state index in [1.165, 1.54) is 7.11 Å². The minimum Gasteiger partial charge on any atom is -0.469 e. The third-order valence-electron chi connectivity index (χ3n) is 6.56. The SMILES string of the molecule is COC(=O)CCCCCCC1C(=O)CC(O)C1c1ccc(C2(O)CCC2)cc1. The van der Waals surface area contributed by atoms with Crippen molar-refractivity contribution in [2.75, 3.05) is 7.11 Å². The molecule has 154 valence electrons. The van der Waals surface area contributed by atoms with Crippen molar-refractivity contribution in [3.05, 3.63) is 35.4 Å². The van der Waals surface area contributed by atoms with E-state index in [-0.39, 0.29) is 30.0 Å². The lowest BCUT2D eigenvalue weighted by Crippen LogP contribution is -2.33. The van der Waals surface area contributed by atoms with Crippen molar-refractivity contribution in [1.29, 1.82) is 0 Å². The van der Waals surface area contributed by atoms with Crippen molar-refractivity contribution in [1.82, 2.24) is 0 Å². The average molecular weight is 389 g/mol. The molecule has 2 fully saturated rings. The zero-order valence-corrected chi connectivity index (χ0v) is 16.7. The van der Waals surface area contributed by atoms with Gasteiger partial charge in [-0.25, -0.2) is 0 Å². The van der Waals surface area contributed by atoms with Gasteiger partial charge in [-0.1, -0.05) is 43.5 Å². The van der Waals surface area contributed by atoms with Gasteiger partial charge in [-0.3, -0.25) is 9.59 Å². The Kier molecular flexibility index (Phi) is 6.89. The fourth-order valence-electron chi connectivity index (χ4n) is 4.65. The Morgan fingerprint density at radius 2 is 1.82 bits per heavy atom. The summed E-state index contributed by atoms with van der Waals surface area (Å²) >= 11 is 0. The summed E-state index contributed by atoms with van der Waals surface area (Å²) in [6.45, 7) is 0. The first-order valence-electron chi connectivity index (χ1n) is 10.5. The van der Waals surface area contributed by atoms with Gasteiger partial charge in [0.15, 0.2) is 0 Å². The third kappa shape index (κ3) is 4.64. The van der Waals surface area contributed by atoms with Crippen LogP contribution in [-0.2, 0) is 19.9 Å². The summed E-state index contributed by atoms with van der Waals surface area (Å²) in [7, 11) is 1.40. The predicted octanol–water partition coefficient (Wildman–Crippen LogP) is 3.61. The molecule has 1 aromatic rings. The normalized spacial score (nSPS) is 26.1. The first-order chi connectivity index (χ1) is 13.4. The van der Waals surface area contributed by atoms with Gasteiger partial charge < -0.3 is 14.9 Å². The van der Waals surface area contributed by atoms with Crippen LogP contribution in [0.4, 0.5) is 0 Å². The van der Waals surface area contributed by atoms with Gasteiger partial charge in [0.05, 0.1) is 18.8 Å². The zero-order chi connectivity index (χ0) is 20.1. The Morgan fingerprint density at radius 3 is 2.43 bits per heavy atom. The molecule has 0 spiro atoms. The molecule has 3 rings (SSSR count). The van der Waals surface area contributed by atoms with Crippen LogP contribution in [0.25, 0.3) is 0 Å². The average Bonchev–Trinajstić information content (AvgIpc) is 2.95. The number of hydrogen-bond donors (Lipinski definition) is 2. The molecule has 28 heavy (non-hydrogen) atoms. The highest BCUT2D eigenvalue weighted by Crippen LogP contribution is 2.43. The van der Waals surface area contributed by atoms with Gasteiger partial charge in [-0.2, -0.15) is 0 Å². The minimum atomic E-state index is -0.688. The molecule has 5 nitrogen and oxygen atoms in total. The highest BCUT2D eigenvalue weighted by molar-refractivity contribution is 5.85. The van der Waals surface area contributed by atoms with E-state index in [2.05, 4.69) is 4.74 Å². The molecule has 0 radical (unpaired) electrons. The maximum atomic E-state index is 12.4. The van der Waals surface area contributed by atoms with Crippen LogP contribution in [0.3, 0.4) is 0 Å². The number of hydrogen-bond acceptors (Lipinski definition) is 5. The van der Waals surface area contributed by atoms with Gasteiger partial charge in [0.2, 0.25) is 0 Å². The van der Waals surface area contributed by atoms with Gasteiger partial charge in [0.25, 0.3) is 0 Å². The summed E-state index contributed by atoms with van der Waals surface area (Å²) in [5, 5.41) is 21.0. The topological polar surface area (TPSA) is 83.8 Å².